The molecule has 0 aromatic heterocycles. The number of anilines is 1. The first-order valence-corrected chi connectivity index (χ1v) is 6.90. The van der Waals surface area contributed by atoms with Crippen LogP contribution in [-0.2, 0) is 0 Å². The first-order chi connectivity index (χ1) is 8.69. The molecular weight excluding hydrogens is 232 g/mol. The lowest BCUT2D eigenvalue weighted by Gasteiger charge is -2.29. The first-order valence-electron chi connectivity index (χ1n) is 6.90. The molecule has 1 aliphatic rings. The van der Waals surface area contributed by atoms with Gasteiger partial charge in [0.1, 0.15) is 0 Å². The third kappa shape index (κ3) is 3.44. The highest BCUT2D eigenvalue weighted by atomic mass is 19.2. The fraction of sp³-hybridized carbons (Fsp3) is 0.600. The van der Waals surface area contributed by atoms with Gasteiger partial charge in [-0.15, -0.1) is 0 Å². The van der Waals surface area contributed by atoms with Gasteiger partial charge in [0.25, 0.3) is 0 Å². The van der Waals surface area contributed by atoms with Gasteiger partial charge in [0, 0.05) is 17.8 Å². The molecule has 0 unspecified atom stereocenters. The van der Waals surface area contributed by atoms with Crippen LogP contribution in [0.1, 0.15) is 45.4 Å². The Hall–Kier alpha value is -1.12. The Labute approximate surface area is 108 Å². The maximum absolute atomic E-state index is 13.1. The van der Waals surface area contributed by atoms with E-state index < -0.39 is 11.6 Å². The summed E-state index contributed by atoms with van der Waals surface area (Å²) in [5, 5.41) is 3.30. The lowest BCUT2D eigenvalue weighted by atomic mass is 9.83. The number of rotatable bonds is 4. The van der Waals surface area contributed by atoms with Crippen molar-refractivity contribution in [3.05, 3.63) is 29.8 Å². The summed E-state index contributed by atoms with van der Waals surface area (Å²) in [6, 6.07) is 4.44. The van der Waals surface area contributed by atoms with Crippen molar-refractivity contribution in [2.45, 2.75) is 51.5 Å². The van der Waals surface area contributed by atoms with E-state index >= 15 is 0 Å². The molecule has 2 rings (SSSR count). The molecule has 1 fully saturated rings. The first kappa shape index (κ1) is 13.3. The summed E-state index contributed by atoms with van der Waals surface area (Å²) in [6.45, 7) is 2.23. The minimum atomic E-state index is -0.785. The van der Waals surface area contributed by atoms with E-state index in [9.17, 15) is 8.78 Å². The van der Waals surface area contributed by atoms with E-state index in [0.717, 1.165) is 18.8 Å². The van der Waals surface area contributed by atoms with E-state index in [0.29, 0.717) is 11.7 Å². The second-order valence-corrected chi connectivity index (χ2v) is 5.28. The van der Waals surface area contributed by atoms with Gasteiger partial charge >= 0.3 is 0 Å². The summed E-state index contributed by atoms with van der Waals surface area (Å²) in [7, 11) is 0. The van der Waals surface area contributed by atoms with Crippen LogP contribution >= 0.6 is 0 Å². The second kappa shape index (κ2) is 6.17. The van der Waals surface area contributed by atoms with Gasteiger partial charge in [0.15, 0.2) is 11.6 Å². The zero-order chi connectivity index (χ0) is 13.0. The lowest BCUT2D eigenvalue weighted by Crippen LogP contribution is -2.26. The number of hydrogen-bond donors (Lipinski definition) is 1. The highest BCUT2D eigenvalue weighted by molar-refractivity contribution is 5.44. The largest absolute Gasteiger partial charge is 0.382 e. The molecule has 1 aromatic carbocycles. The maximum Gasteiger partial charge on any atom is 0.160 e. The van der Waals surface area contributed by atoms with Crippen LogP contribution in [0.3, 0.4) is 0 Å². The fourth-order valence-electron chi connectivity index (χ4n) is 2.83. The van der Waals surface area contributed by atoms with Gasteiger partial charge in [-0.3, -0.25) is 0 Å². The van der Waals surface area contributed by atoms with Gasteiger partial charge in [-0.2, -0.15) is 0 Å². The molecule has 0 atom stereocenters. The summed E-state index contributed by atoms with van der Waals surface area (Å²) in [5.41, 5.74) is 0.688. The average molecular weight is 253 g/mol. The highest BCUT2D eigenvalue weighted by Crippen LogP contribution is 2.29. The lowest BCUT2D eigenvalue weighted by molar-refractivity contribution is 0.319. The van der Waals surface area contributed by atoms with Gasteiger partial charge in [0.05, 0.1) is 0 Å². The summed E-state index contributed by atoms with van der Waals surface area (Å²) < 4.78 is 25.9. The van der Waals surface area contributed by atoms with Crippen LogP contribution in [0.4, 0.5) is 14.5 Å². The van der Waals surface area contributed by atoms with Gasteiger partial charge in [-0.1, -0.05) is 19.8 Å². The molecule has 3 heteroatoms. The molecular formula is C15H21F2N. The normalized spacial score (nSPS) is 23.9. The second-order valence-electron chi connectivity index (χ2n) is 5.28. The zero-order valence-electron chi connectivity index (χ0n) is 10.9. The predicted molar refractivity (Wildman–Crippen MR) is 70.6 cm³/mol. The molecule has 0 heterocycles. The number of benzene rings is 1. The zero-order valence-corrected chi connectivity index (χ0v) is 10.9. The molecule has 1 aromatic rings. The van der Waals surface area contributed by atoms with Crippen LogP contribution < -0.4 is 5.32 Å². The van der Waals surface area contributed by atoms with Crippen LogP contribution in [0.5, 0.6) is 0 Å². The predicted octanol–water partition coefficient (Wildman–Crippen LogP) is 4.74. The van der Waals surface area contributed by atoms with Gasteiger partial charge in [0.2, 0.25) is 0 Å². The van der Waals surface area contributed by atoms with Crippen molar-refractivity contribution < 1.29 is 8.78 Å². The average Bonchev–Trinajstić information content (AvgIpc) is 2.37. The van der Waals surface area contributed by atoms with E-state index in [1.165, 1.54) is 37.8 Å². The Morgan fingerprint density at radius 1 is 1.11 bits per heavy atom. The molecule has 0 saturated heterocycles. The number of halogens is 2. The van der Waals surface area contributed by atoms with Crippen molar-refractivity contribution in [2.24, 2.45) is 5.92 Å². The van der Waals surface area contributed by atoms with E-state index in [1.54, 1.807) is 6.07 Å². The van der Waals surface area contributed by atoms with E-state index in [-0.39, 0.29) is 0 Å². The molecule has 1 nitrogen and oxygen atoms in total. The molecule has 0 radical (unpaired) electrons. The van der Waals surface area contributed by atoms with Gasteiger partial charge < -0.3 is 5.32 Å². The van der Waals surface area contributed by atoms with Gasteiger partial charge in [-0.25, -0.2) is 8.78 Å². The summed E-state index contributed by atoms with van der Waals surface area (Å²) in [4.78, 5) is 0. The Balaban J connectivity index is 1.85. The monoisotopic (exact) mass is 253 g/mol. The molecule has 1 aliphatic carbocycles. The van der Waals surface area contributed by atoms with Crippen LogP contribution in [-0.4, -0.2) is 6.04 Å². The smallest absolute Gasteiger partial charge is 0.160 e. The van der Waals surface area contributed by atoms with E-state index in [1.807, 2.05) is 0 Å². The summed E-state index contributed by atoms with van der Waals surface area (Å²) in [6.07, 6.45) is 7.32. The molecule has 18 heavy (non-hydrogen) atoms. The molecule has 0 bridgehead atoms. The maximum atomic E-state index is 13.1. The molecule has 1 N–H and O–H groups in total. The van der Waals surface area contributed by atoms with Gasteiger partial charge in [-0.05, 0) is 43.7 Å². The topological polar surface area (TPSA) is 12.0 Å². The van der Waals surface area contributed by atoms with Crippen molar-refractivity contribution in [1.29, 1.82) is 0 Å². The van der Waals surface area contributed by atoms with Crippen LogP contribution in [0, 0.1) is 17.6 Å². The highest BCUT2D eigenvalue weighted by Gasteiger charge is 2.20. The summed E-state index contributed by atoms with van der Waals surface area (Å²) >= 11 is 0. The number of hydrogen-bond acceptors (Lipinski definition) is 1. The minimum Gasteiger partial charge on any atom is -0.382 e. The fourth-order valence-corrected chi connectivity index (χ4v) is 2.83. The van der Waals surface area contributed by atoms with Crippen molar-refractivity contribution >= 4 is 5.69 Å². The SMILES string of the molecule is CCCC1CCC(Nc2ccc(F)c(F)c2)CC1. The summed E-state index contributed by atoms with van der Waals surface area (Å²) in [5.74, 6) is -0.704. The Morgan fingerprint density at radius 2 is 1.83 bits per heavy atom. The van der Waals surface area contributed by atoms with Crippen LogP contribution in [0.25, 0.3) is 0 Å². The third-order valence-electron chi connectivity index (χ3n) is 3.83. The Morgan fingerprint density at radius 3 is 2.44 bits per heavy atom. The molecule has 0 amide bonds. The van der Waals surface area contributed by atoms with Crippen LogP contribution in [0.2, 0.25) is 0 Å². The van der Waals surface area contributed by atoms with Crippen LogP contribution in [0.15, 0.2) is 18.2 Å². The van der Waals surface area contributed by atoms with Crippen molar-refractivity contribution in [1.82, 2.24) is 0 Å². The van der Waals surface area contributed by atoms with Crippen molar-refractivity contribution in [2.75, 3.05) is 5.32 Å². The molecule has 0 aliphatic heterocycles. The van der Waals surface area contributed by atoms with E-state index in [4.69, 9.17) is 0 Å². The molecule has 100 valence electrons. The third-order valence-corrected chi connectivity index (χ3v) is 3.83. The number of nitrogens with one attached hydrogen (secondary N) is 1. The molecule has 1 saturated carbocycles. The van der Waals surface area contributed by atoms with Crippen molar-refractivity contribution in [3.63, 3.8) is 0 Å². The van der Waals surface area contributed by atoms with Crippen molar-refractivity contribution in [3.8, 4) is 0 Å². The standard InChI is InChI=1S/C15H21F2N/c1-2-3-11-4-6-12(7-5-11)18-13-8-9-14(16)15(17)10-13/h8-12,18H,2-7H2,1H3. The molecule has 0 spiro atoms. The minimum absolute atomic E-state index is 0.406. The Kier molecular flexibility index (Phi) is 4.56. The Bertz CT molecular complexity index is 384. The quantitative estimate of drug-likeness (QED) is 0.817. The van der Waals surface area contributed by atoms with E-state index in [2.05, 4.69) is 12.2 Å².